The van der Waals surface area contributed by atoms with Gasteiger partial charge in [0.05, 0.1) is 18.4 Å². The molecular formula is C26H21Cl2N3O6S. The summed E-state index contributed by atoms with van der Waals surface area (Å²) in [7, 11) is -3.24. The van der Waals surface area contributed by atoms with Crippen LogP contribution in [0.2, 0.25) is 10.0 Å². The lowest BCUT2D eigenvalue weighted by molar-refractivity contribution is 0.102. The molecule has 0 radical (unpaired) electrons. The first kappa shape index (κ1) is 27.3. The minimum Gasteiger partial charge on any atom is -0.505 e. The van der Waals surface area contributed by atoms with Gasteiger partial charge in [-0.1, -0.05) is 54.4 Å². The monoisotopic (exact) mass is 573 g/mol. The molecule has 0 aliphatic carbocycles. The average Bonchev–Trinajstić information content (AvgIpc) is 2.88. The third-order valence-electron chi connectivity index (χ3n) is 5.70. The van der Waals surface area contributed by atoms with Crippen LogP contribution in [0, 0.1) is 0 Å². The summed E-state index contributed by atoms with van der Waals surface area (Å²) in [4.78, 5) is 12.7. The second-order valence-corrected chi connectivity index (χ2v) is 10.3. The van der Waals surface area contributed by atoms with Crippen LogP contribution in [-0.2, 0) is 16.5 Å². The molecule has 0 aliphatic rings. The number of aromatic hydroxyl groups is 1. The van der Waals surface area contributed by atoms with Crippen molar-refractivity contribution in [3.63, 3.8) is 0 Å². The number of hydrogen-bond donors (Lipinski definition) is 3. The highest BCUT2D eigenvalue weighted by molar-refractivity contribution is 7.86. The fourth-order valence-corrected chi connectivity index (χ4v) is 4.90. The van der Waals surface area contributed by atoms with Crippen LogP contribution in [0.5, 0.6) is 11.5 Å². The number of methoxy groups -OCH3 is 1. The third kappa shape index (κ3) is 5.58. The molecule has 1 amide bonds. The lowest BCUT2D eigenvalue weighted by Crippen LogP contribution is -2.13. The van der Waals surface area contributed by atoms with Crippen molar-refractivity contribution in [2.75, 3.05) is 12.4 Å². The van der Waals surface area contributed by atoms with E-state index < -0.39 is 26.7 Å². The van der Waals surface area contributed by atoms with Gasteiger partial charge < -0.3 is 15.2 Å². The maximum Gasteiger partial charge on any atom is 0.296 e. The van der Waals surface area contributed by atoms with Crippen LogP contribution >= 0.6 is 23.2 Å². The van der Waals surface area contributed by atoms with Gasteiger partial charge >= 0.3 is 0 Å². The molecule has 4 aromatic rings. The van der Waals surface area contributed by atoms with Gasteiger partial charge in [0.2, 0.25) is 0 Å². The molecule has 196 valence electrons. The Morgan fingerprint density at radius 3 is 2.47 bits per heavy atom. The number of rotatable bonds is 7. The number of benzene rings is 4. The number of carbonyl (C=O) groups is 1. The maximum absolute atomic E-state index is 13.2. The number of nitrogens with one attached hydrogen (secondary N) is 1. The Kier molecular flexibility index (Phi) is 7.89. The first-order valence-corrected chi connectivity index (χ1v) is 13.3. The molecule has 4 rings (SSSR count). The van der Waals surface area contributed by atoms with Gasteiger partial charge in [-0.25, -0.2) is 0 Å². The average molecular weight is 574 g/mol. The number of phenolic OH excluding ortho intramolecular Hbond substituents is 1. The Bertz CT molecular complexity index is 1710. The Morgan fingerprint density at radius 2 is 1.79 bits per heavy atom. The zero-order valence-electron chi connectivity index (χ0n) is 20.1. The van der Waals surface area contributed by atoms with Crippen LogP contribution in [0.1, 0.15) is 22.8 Å². The van der Waals surface area contributed by atoms with Crippen molar-refractivity contribution < 1.29 is 27.6 Å². The number of amides is 1. The molecule has 0 heterocycles. The molecule has 12 heteroatoms. The molecule has 9 nitrogen and oxygen atoms in total. The van der Waals surface area contributed by atoms with Crippen molar-refractivity contribution >= 4 is 67.1 Å². The molecule has 0 aliphatic heterocycles. The van der Waals surface area contributed by atoms with Crippen LogP contribution < -0.4 is 10.1 Å². The number of halogens is 2. The van der Waals surface area contributed by atoms with Crippen LogP contribution in [0.25, 0.3) is 10.8 Å². The summed E-state index contributed by atoms with van der Waals surface area (Å²) in [5.41, 5.74) is 0.361. The summed E-state index contributed by atoms with van der Waals surface area (Å²) in [5.74, 6) is -0.849. The molecule has 0 saturated heterocycles. The van der Waals surface area contributed by atoms with E-state index in [9.17, 15) is 22.9 Å². The standard InChI is InChI=1S/C26H21Cl2N3O6S/c1-3-14-11-23(38(34,35)36)21(13-19(14)28)30-31-24-17-7-5-4-6-15(17)10-18(25(24)32)26(33)29-20-9-8-16(27)12-22(20)37-2/h4-13,32H,3H2,1-2H3,(H,29,33)(H,34,35,36). The smallest absolute Gasteiger partial charge is 0.296 e. The van der Waals surface area contributed by atoms with Gasteiger partial charge in [0.15, 0.2) is 5.75 Å². The Labute approximate surface area is 228 Å². The fourth-order valence-electron chi connectivity index (χ4n) is 3.79. The Morgan fingerprint density at radius 1 is 1.05 bits per heavy atom. The van der Waals surface area contributed by atoms with Crippen molar-refractivity contribution in [3.8, 4) is 11.5 Å². The second kappa shape index (κ2) is 11.0. The molecular weight excluding hydrogens is 553 g/mol. The van der Waals surface area contributed by atoms with Gasteiger partial charge in [0.25, 0.3) is 16.0 Å². The van der Waals surface area contributed by atoms with E-state index in [0.29, 0.717) is 39.2 Å². The first-order valence-electron chi connectivity index (χ1n) is 11.1. The molecule has 0 saturated carbocycles. The molecule has 3 N–H and O–H groups in total. The number of azo groups is 1. The number of aryl methyl sites for hydroxylation is 1. The molecule has 0 bridgehead atoms. The lowest BCUT2D eigenvalue weighted by atomic mass is 10.0. The van der Waals surface area contributed by atoms with Gasteiger partial charge in [0.1, 0.15) is 22.0 Å². The molecule has 0 atom stereocenters. The summed E-state index contributed by atoms with van der Waals surface area (Å²) in [6, 6.07) is 15.4. The van der Waals surface area contributed by atoms with Gasteiger partial charge in [0, 0.05) is 21.5 Å². The number of phenols is 1. The van der Waals surface area contributed by atoms with E-state index in [-0.39, 0.29) is 22.0 Å². The quantitative estimate of drug-likeness (QED) is 0.156. The zero-order valence-corrected chi connectivity index (χ0v) is 22.4. The Balaban J connectivity index is 1.84. The summed E-state index contributed by atoms with van der Waals surface area (Å²) < 4.78 is 39.0. The summed E-state index contributed by atoms with van der Waals surface area (Å²) in [6.07, 6.45) is 0.416. The van der Waals surface area contributed by atoms with Crippen LogP contribution in [0.3, 0.4) is 0 Å². The van der Waals surface area contributed by atoms with E-state index >= 15 is 0 Å². The van der Waals surface area contributed by atoms with Gasteiger partial charge in [-0.3, -0.25) is 9.35 Å². The van der Waals surface area contributed by atoms with Gasteiger partial charge in [-0.05, 0) is 47.7 Å². The fraction of sp³-hybridized carbons (Fsp3) is 0.115. The topological polar surface area (TPSA) is 138 Å². The largest absolute Gasteiger partial charge is 0.505 e. The third-order valence-corrected chi connectivity index (χ3v) is 7.17. The van der Waals surface area contributed by atoms with Gasteiger partial charge in [-0.15, -0.1) is 10.2 Å². The van der Waals surface area contributed by atoms with E-state index in [4.69, 9.17) is 27.9 Å². The minimum absolute atomic E-state index is 0.0895. The van der Waals surface area contributed by atoms with Gasteiger partial charge in [-0.2, -0.15) is 8.42 Å². The maximum atomic E-state index is 13.2. The van der Waals surface area contributed by atoms with E-state index in [0.717, 1.165) is 0 Å². The lowest BCUT2D eigenvalue weighted by Gasteiger charge is -2.13. The number of nitrogens with zero attached hydrogens (tertiary/aromatic N) is 2. The Hall–Kier alpha value is -3.70. The summed E-state index contributed by atoms with van der Waals surface area (Å²) >= 11 is 12.2. The van der Waals surface area contributed by atoms with Crippen LogP contribution in [-0.4, -0.2) is 31.1 Å². The normalized spacial score (nSPS) is 11.7. The molecule has 38 heavy (non-hydrogen) atoms. The van der Waals surface area contributed by atoms with E-state index in [1.54, 1.807) is 43.3 Å². The molecule has 0 aromatic heterocycles. The predicted octanol–water partition coefficient (Wildman–Crippen LogP) is 7.34. The van der Waals surface area contributed by atoms with Crippen molar-refractivity contribution in [2.45, 2.75) is 18.2 Å². The van der Waals surface area contributed by atoms with Crippen molar-refractivity contribution in [2.24, 2.45) is 10.2 Å². The number of fused-ring (bicyclic) bond motifs is 1. The summed E-state index contributed by atoms with van der Waals surface area (Å²) in [6.45, 7) is 1.77. The molecule has 0 fully saturated rings. The predicted molar refractivity (Wildman–Crippen MR) is 146 cm³/mol. The highest BCUT2D eigenvalue weighted by Crippen LogP contribution is 2.41. The highest BCUT2D eigenvalue weighted by Gasteiger charge is 2.21. The molecule has 4 aromatic carbocycles. The first-order chi connectivity index (χ1) is 18.0. The van der Waals surface area contributed by atoms with Crippen LogP contribution in [0.15, 0.2) is 75.8 Å². The molecule has 0 unspecified atom stereocenters. The minimum atomic E-state index is -4.67. The van der Waals surface area contributed by atoms with Crippen molar-refractivity contribution in [3.05, 3.63) is 81.8 Å². The van der Waals surface area contributed by atoms with E-state index in [1.165, 1.54) is 31.4 Å². The van der Waals surface area contributed by atoms with Crippen LogP contribution in [0.4, 0.5) is 17.1 Å². The highest BCUT2D eigenvalue weighted by atomic mass is 35.5. The number of carbonyl (C=O) groups excluding carboxylic acids is 1. The van der Waals surface area contributed by atoms with E-state index in [2.05, 4.69) is 15.5 Å². The molecule has 0 spiro atoms. The number of hydrogen-bond acceptors (Lipinski definition) is 7. The SMILES string of the molecule is CCc1cc(S(=O)(=O)O)c(N=Nc2c(O)c(C(=O)Nc3ccc(Cl)cc3OC)cc3ccccc23)cc1Cl. The second-order valence-electron chi connectivity index (χ2n) is 8.08. The van der Waals surface area contributed by atoms with Crippen molar-refractivity contribution in [1.82, 2.24) is 0 Å². The number of ether oxygens (including phenoxy) is 1. The van der Waals surface area contributed by atoms with Crippen molar-refractivity contribution in [1.29, 1.82) is 0 Å². The van der Waals surface area contributed by atoms with E-state index in [1.807, 2.05) is 0 Å². The number of anilines is 1. The summed E-state index contributed by atoms with van der Waals surface area (Å²) in [5, 5.41) is 23.5. The zero-order chi connectivity index (χ0) is 27.6.